The van der Waals surface area contributed by atoms with Gasteiger partial charge in [-0.2, -0.15) is 0 Å². The fraction of sp³-hybridized carbons (Fsp3) is 0.385. The summed E-state index contributed by atoms with van der Waals surface area (Å²) in [5.74, 6) is -1.44. The number of carboxylic acid groups (broad SMARTS) is 1. The van der Waals surface area contributed by atoms with Gasteiger partial charge in [-0.25, -0.2) is 10.1 Å². The Morgan fingerprint density at radius 3 is 2.43 bits per heavy atom. The monoisotopic (exact) mass is 347 g/mol. The minimum atomic E-state index is -4.62. The van der Waals surface area contributed by atoms with Crippen LogP contribution in [0, 0.1) is 0 Å². The van der Waals surface area contributed by atoms with Gasteiger partial charge in [0.25, 0.3) is 5.91 Å². The van der Waals surface area contributed by atoms with E-state index in [-0.39, 0.29) is 11.7 Å². The van der Waals surface area contributed by atoms with Crippen LogP contribution in [0.15, 0.2) is 24.3 Å². The SMILES string of the molecule is NC(CCCCNC(=O)c1ccc(OP(N)(=O)F)cc1)C(=O)O. The van der Waals surface area contributed by atoms with E-state index in [0.29, 0.717) is 31.4 Å². The molecule has 0 saturated heterocycles. The lowest BCUT2D eigenvalue weighted by atomic mass is 10.1. The van der Waals surface area contributed by atoms with Gasteiger partial charge in [0.05, 0.1) is 0 Å². The molecule has 2 atom stereocenters. The van der Waals surface area contributed by atoms with Crippen LogP contribution >= 0.6 is 7.83 Å². The number of aliphatic carboxylic acids is 1. The number of amides is 1. The maximum Gasteiger partial charge on any atom is 0.493 e. The van der Waals surface area contributed by atoms with Crippen molar-refractivity contribution in [3.8, 4) is 5.75 Å². The standard InChI is InChI=1S/C13H19FN3O5P/c14-23(16,21)22-10-6-4-9(5-7-10)12(18)17-8-2-1-3-11(15)13(19)20/h4-7,11H,1-3,8,15H2,(H2,16,21)(H,17,18)(H,19,20). The lowest BCUT2D eigenvalue weighted by molar-refractivity contribution is -0.138. The summed E-state index contributed by atoms with van der Waals surface area (Å²) >= 11 is 0. The molecule has 0 aromatic heterocycles. The zero-order chi connectivity index (χ0) is 17.5. The van der Waals surface area contributed by atoms with E-state index in [1.54, 1.807) is 0 Å². The Morgan fingerprint density at radius 2 is 1.91 bits per heavy atom. The molecule has 0 aliphatic rings. The highest BCUT2D eigenvalue weighted by molar-refractivity contribution is 7.51. The minimum absolute atomic E-state index is 0.0439. The average Bonchev–Trinajstić information content (AvgIpc) is 2.45. The van der Waals surface area contributed by atoms with Crippen molar-refractivity contribution in [2.45, 2.75) is 25.3 Å². The molecule has 0 heterocycles. The fourth-order valence-corrected chi connectivity index (χ4v) is 2.14. The van der Waals surface area contributed by atoms with Crippen LogP contribution in [-0.4, -0.2) is 29.6 Å². The van der Waals surface area contributed by atoms with Gasteiger partial charge in [0, 0.05) is 12.1 Å². The first-order chi connectivity index (χ1) is 10.7. The number of rotatable bonds is 9. The van der Waals surface area contributed by atoms with Gasteiger partial charge in [0.1, 0.15) is 11.8 Å². The molecule has 0 aliphatic heterocycles. The van der Waals surface area contributed by atoms with Crippen LogP contribution in [0.1, 0.15) is 29.6 Å². The van der Waals surface area contributed by atoms with Crippen LogP contribution in [0.2, 0.25) is 0 Å². The Hall–Kier alpha value is -1.96. The molecule has 0 spiro atoms. The van der Waals surface area contributed by atoms with Crippen molar-refractivity contribution in [3.63, 3.8) is 0 Å². The van der Waals surface area contributed by atoms with Gasteiger partial charge < -0.3 is 20.7 Å². The molecule has 1 aromatic carbocycles. The largest absolute Gasteiger partial charge is 0.493 e. The maximum atomic E-state index is 12.7. The van der Waals surface area contributed by atoms with Crippen molar-refractivity contribution in [3.05, 3.63) is 29.8 Å². The first-order valence-corrected chi connectivity index (χ1v) is 8.42. The number of halogens is 1. The molecular weight excluding hydrogens is 328 g/mol. The molecular formula is C13H19FN3O5P. The van der Waals surface area contributed by atoms with E-state index in [2.05, 4.69) is 15.3 Å². The van der Waals surface area contributed by atoms with E-state index in [1.807, 2.05) is 0 Å². The number of hydrogen-bond donors (Lipinski definition) is 4. The number of hydrogen-bond acceptors (Lipinski definition) is 5. The average molecular weight is 347 g/mol. The molecule has 128 valence electrons. The molecule has 1 amide bonds. The van der Waals surface area contributed by atoms with Crippen molar-refractivity contribution < 1.29 is 28.0 Å². The Bertz CT molecular complexity index is 590. The van der Waals surface area contributed by atoms with Crippen LogP contribution in [0.25, 0.3) is 0 Å². The first-order valence-electron chi connectivity index (χ1n) is 6.83. The number of unbranched alkanes of at least 4 members (excludes halogenated alkanes) is 1. The highest BCUT2D eigenvalue weighted by atomic mass is 31.2. The van der Waals surface area contributed by atoms with Gasteiger partial charge in [-0.15, -0.1) is 4.20 Å². The van der Waals surface area contributed by atoms with E-state index >= 15 is 0 Å². The molecule has 0 aliphatic carbocycles. The van der Waals surface area contributed by atoms with Crippen molar-refractivity contribution in [2.75, 3.05) is 6.54 Å². The number of nitrogens with one attached hydrogen (secondary N) is 1. The van der Waals surface area contributed by atoms with E-state index in [4.69, 9.17) is 10.8 Å². The van der Waals surface area contributed by atoms with E-state index < -0.39 is 19.8 Å². The second kappa shape index (κ2) is 8.61. The van der Waals surface area contributed by atoms with E-state index in [0.717, 1.165) is 0 Å². The zero-order valence-electron chi connectivity index (χ0n) is 12.3. The number of benzene rings is 1. The molecule has 8 nitrogen and oxygen atoms in total. The van der Waals surface area contributed by atoms with E-state index in [1.165, 1.54) is 24.3 Å². The van der Waals surface area contributed by atoms with Gasteiger partial charge in [-0.1, -0.05) is 0 Å². The molecule has 23 heavy (non-hydrogen) atoms. The molecule has 0 bridgehead atoms. The van der Waals surface area contributed by atoms with Gasteiger partial charge in [-0.3, -0.25) is 9.59 Å². The molecule has 10 heteroatoms. The number of nitrogens with two attached hydrogens (primary N) is 2. The summed E-state index contributed by atoms with van der Waals surface area (Å²) in [6.07, 6.45) is 1.49. The topological polar surface area (TPSA) is 145 Å². The number of carbonyl (C=O) groups is 2. The maximum absolute atomic E-state index is 12.7. The highest BCUT2D eigenvalue weighted by Gasteiger charge is 2.16. The second-order valence-corrected chi connectivity index (χ2v) is 6.06. The summed E-state index contributed by atoms with van der Waals surface area (Å²) < 4.78 is 27.7. The van der Waals surface area contributed by atoms with Crippen molar-refractivity contribution in [2.24, 2.45) is 11.2 Å². The molecule has 1 rings (SSSR count). The third-order valence-corrected chi connectivity index (χ3v) is 3.35. The predicted molar refractivity (Wildman–Crippen MR) is 81.8 cm³/mol. The van der Waals surface area contributed by atoms with Crippen LogP contribution < -0.4 is 21.1 Å². The van der Waals surface area contributed by atoms with Gasteiger partial charge in [0.2, 0.25) is 0 Å². The summed E-state index contributed by atoms with van der Waals surface area (Å²) in [5.41, 5.74) is 10.3. The third-order valence-electron chi connectivity index (χ3n) is 2.89. The predicted octanol–water partition coefficient (Wildman–Crippen LogP) is 1.41. The normalized spacial score (nSPS) is 14.6. The first kappa shape index (κ1) is 19.1. The third kappa shape index (κ3) is 7.73. The van der Waals surface area contributed by atoms with Crippen molar-refractivity contribution >= 4 is 19.7 Å². The molecule has 0 fully saturated rings. The van der Waals surface area contributed by atoms with Gasteiger partial charge in [0.15, 0.2) is 0 Å². The Labute approximate surface area is 132 Å². The summed E-state index contributed by atoms with van der Waals surface area (Å²) in [6, 6.07) is 4.41. The Balaban J connectivity index is 2.35. The summed E-state index contributed by atoms with van der Waals surface area (Å²) in [4.78, 5) is 22.3. The lowest BCUT2D eigenvalue weighted by Crippen LogP contribution is -2.30. The van der Waals surface area contributed by atoms with E-state index in [9.17, 15) is 18.4 Å². The molecule has 0 radical (unpaired) electrons. The fourth-order valence-electron chi connectivity index (χ4n) is 1.73. The van der Waals surface area contributed by atoms with Crippen LogP contribution in [-0.2, 0) is 9.36 Å². The molecule has 0 saturated carbocycles. The van der Waals surface area contributed by atoms with Crippen LogP contribution in [0.3, 0.4) is 0 Å². The molecule has 2 unspecified atom stereocenters. The van der Waals surface area contributed by atoms with Crippen LogP contribution in [0.4, 0.5) is 4.20 Å². The summed E-state index contributed by atoms with van der Waals surface area (Å²) in [5, 5.41) is 11.3. The number of carbonyl (C=O) groups excluding carboxylic acids is 1. The second-order valence-electron chi connectivity index (χ2n) is 4.83. The Morgan fingerprint density at radius 1 is 1.30 bits per heavy atom. The van der Waals surface area contributed by atoms with Crippen molar-refractivity contribution in [1.82, 2.24) is 5.32 Å². The minimum Gasteiger partial charge on any atom is -0.480 e. The highest BCUT2D eigenvalue weighted by Crippen LogP contribution is 2.39. The molecule has 6 N–H and O–H groups in total. The van der Waals surface area contributed by atoms with Crippen molar-refractivity contribution in [1.29, 1.82) is 0 Å². The lowest BCUT2D eigenvalue weighted by Gasteiger charge is -2.08. The summed E-state index contributed by atoms with van der Waals surface area (Å²) in [6.45, 7) is 0.367. The number of carboxylic acids is 1. The van der Waals surface area contributed by atoms with Gasteiger partial charge in [-0.05, 0) is 43.5 Å². The summed E-state index contributed by atoms with van der Waals surface area (Å²) in [7, 11) is -4.62. The van der Waals surface area contributed by atoms with Gasteiger partial charge >= 0.3 is 13.8 Å². The quantitative estimate of drug-likeness (QED) is 0.390. The zero-order valence-corrected chi connectivity index (χ0v) is 13.2. The smallest absolute Gasteiger partial charge is 0.480 e. The molecule has 1 aromatic rings. The Kier molecular flexibility index (Phi) is 7.15. The van der Waals surface area contributed by atoms with Crippen LogP contribution in [0.5, 0.6) is 5.75 Å².